The Morgan fingerprint density at radius 3 is 2.42 bits per heavy atom. The van der Waals surface area contributed by atoms with Crippen molar-refractivity contribution in [2.45, 2.75) is 39.3 Å². The van der Waals surface area contributed by atoms with E-state index in [1.54, 1.807) is 4.90 Å². The highest BCUT2D eigenvalue weighted by molar-refractivity contribution is 5.82. The number of aliphatic hydroxyl groups is 1. The monoisotopic (exact) mass is 171 g/mol. The summed E-state index contributed by atoms with van der Waals surface area (Å²) >= 11 is 0. The van der Waals surface area contributed by atoms with Gasteiger partial charge in [-0.25, -0.2) is 0 Å². The molecule has 1 aliphatic rings. The second-order valence-electron chi connectivity index (χ2n) is 3.82. The molecule has 3 heteroatoms. The third-order valence-electron chi connectivity index (χ3n) is 2.67. The molecule has 1 fully saturated rings. The Morgan fingerprint density at radius 2 is 2.08 bits per heavy atom. The van der Waals surface area contributed by atoms with Gasteiger partial charge in [0, 0.05) is 12.6 Å². The molecular formula is C9H17NO2. The largest absolute Gasteiger partial charge is 0.383 e. The number of amides is 1. The van der Waals surface area contributed by atoms with Crippen LogP contribution in [0, 0.1) is 5.92 Å². The molecule has 0 spiro atoms. The molecule has 1 saturated heterocycles. The fourth-order valence-electron chi connectivity index (χ4n) is 1.45. The molecule has 1 rings (SSSR count). The number of carbonyl (C=O) groups excluding carboxylic acids is 1. The van der Waals surface area contributed by atoms with Crippen LogP contribution in [-0.2, 0) is 4.79 Å². The van der Waals surface area contributed by atoms with Gasteiger partial charge in [0.05, 0.1) is 0 Å². The second-order valence-corrected chi connectivity index (χ2v) is 3.82. The van der Waals surface area contributed by atoms with Crippen molar-refractivity contribution in [1.29, 1.82) is 0 Å². The van der Waals surface area contributed by atoms with Crippen LogP contribution in [0.3, 0.4) is 0 Å². The van der Waals surface area contributed by atoms with Gasteiger partial charge in [-0.05, 0) is 19.3 Å². The average Bonchev–Trinajstić information content (AvgIpc) is 2.32. The molecule has 12 heavy (non-hydrogen) atoms. The van der Waals surface area contributed by atoms with Crippen molar-refractivity contribution in [3.8, 4) is 0 Å². The summed E-state index contributed by atoms with van der Waals surface area (Å²) in [5, 5.41) is 9.21. The van der Waals surface area contributed by atoms with Gasteiger partial charge in [-0.1, -0.05) is 13.8 Å². The van der Waals surface area contributed by atoms with Crippen LogP contribution in [0.25, 0.3) is 0 Å². The number of nitrogens with zero attached hydrogens (tertiary/aromatic N) is 1. The van der Waals surface area contributed by atoms with Gasteiger partial charge in [-0.2, -0.15) is 0 Å². The summed E-state index contributed by atoms with van der Waals surface area (Å²) in [4.78, 5) is 13.1. The van der Waals surface area contributed by atoms with Crippen molar-refractivity contribution in [2.24, 2.45) is 5.92 Å². The zero-order valence-corrected chi connectivity index (χ0v) is 7.95. The highest BCUT2D eigenvalue weighted by Gasteiger charge is 2.33. The van der Waals surface area contributed by atoms with Crippen LogP contribution in [0.15, 0.2) is 0 Å². The Kier molecular flexibility index (Phi) is 2.73. The van der Waals surface area contributed by atoms with E-state index in [1.807, 2.05) is 6.92 Å². The quantitative estimate of drug-likeness (QED) is 0.661. The molecule has 0 radical (unpaired) electrons. The van der Waals surface area contributed by atoms with Gasteiger partial charge in [-0.15, -0.1) is 0 Å². The van der Waals surface area contributed by atoms with E-state index in [-0.39, 0.29) is 11.9 Å². The maximum absolute atomic E-state index is 11.3. The standard InChI is InChI=1S/C9H17NO2/c1-6(2)7(3)10-5-4-8(11)9(10)12/h6-8,11H,4-5H2,1-3H3/t7-,8-/m1/s1. The molecule has 0 aromatic heterocycles. The summed E-state index contributed by atoms with van der Waals surface area (Å²) in [5.41, 5.74) is 0. The first-order valence-corrected chi connectivity index (χ1v) is 4.52. The van der Waals surface area contributed by atoms with Gasteiger partial charge in [0.15, 0.2) is 0 Å². The summed E-state index contributed by atoms with van der Waals surface area (Å²) < 4.78 is 0. The molecule has 0 saturated carbocycles. The zero-order valence-electron chi connectivity index (χ0n) is 7.95. The molecule has 1 heterocycles. The number of likely N-dealkylation sites (tertiary alicyclic amines) is 1. The van der Waals surface area contributed by atoms with Crippen LogP contribution < -0.4 is 0 Å². The maximum Gasteiger partial charge on any atom is 0.251 e. The lowest BCUT2D eigenvalue weighted by atomic mass is 10.1. The van der Waals surface area contributed by atoms with Gasteiger partial charge in [0.25, 0.3) is 5.91 Å². The topological polar surface area (TPSA) is 40.5 Å². The highest BCUT2D eigenvalue weighted by atomic mass is 16.3. The van der Waals surface area contributed by atoms with Gasteiger partial charge >= 0.3 is 0 Å². The van der Waals surface area contributed by atoms with Crippen molar-refractivity contribution in [2.75, 3.05) is 6.54 Å². The van der Waals surface area contributed by atoms with E-state index in [9.17, 15) is 9.90 Å². The normalized spacial score (nSPS) is 26.9. The minimum Gasteiger partial charge on any atom is -0.383 e. The van der Waals surface area contributed by atoms with Crippen LogP contribution in [0.2, 0.25) is 0 Å². The predicted octanol–water partition coefficient (Wildman–Crippen LogP) is 0.624. The van der Waals surface area contributed by atoms with E-state index in [1.165, 1.54) is 0 Å². The fraction of sp³-hybridized carbons (Fsp3) is 0.889. The van der Waals surface area contributed by atoms with E-state index in [0.717, 1.165) is 0 Å². The Hall–Kier alpha value is -0.570. The number of hydrogen-bond acceptors (Lipinski definition) is 2. The first kappa shape index (κ1) is 9.52. The fourth-order valence-corrected chi connectivity index (χ4v) is 1.45. The molecule has 0 aromatic carbocycles. The Labute approximate surface area is 73.4 Å². The van der Waals surface area contributed by atoms with Crippen molar-refractivity contribution >= 4 is 5.91 Å². The van der Waals surface area contributed by atoms with E-state index in [2.05, 4.69) is 13.8 Å². The first-order chi connectivity index (χ1) is 5.54. The number of rotatable bonds is 2. The van der Waals surface area contributed by atoms with Crippen molar-refractivity contribution in [3.05, 3.63) is 0 Å². The summed E-state index contributed by atoms with van der Waals surface area (Å²) in [5.74, 6) is 0.357. The highest BCUT2D eigenvalue weighted by Crippen LogP contribution is 2.18. The lowest BCUT2D eigenvalue weighted by Crippen LogP contribution is -2.39. The van der Waals surface area contributed by atoms with E-state index >= 15 is 0 Å². The van der Waals surface area contributed by atoms with Crippen LogP contribution in [0.1, 0.15) is 27.2 Å². The zero-order chi connectivity index (χ0) is 9.30. The van der Waals surface area contributed by atoms with Crippen molar-refractivity contribution in [1.82, 2.24) is 4.90 Å². The summed E-state index contributed by atoms with van der Waals surface area (Å²) in [6, 6.07) is 0.245. The van der Waals surface area contributed by atoms with Crippen molar-refractivity contribution in [3.63, 3.8) is 0 Å². The average molecular weight is 171 g/mol. The third kappa shape index (κ3) is 1.61. The molecule has 1 aliphatic heterocycles. The van der Waals surface area contributed by atoms with Crippen LogP contribution in [0.5, 0.6) is 0 Å². The molecule has 0 aliphatic carbocycles. The lowest BCUT2D eigenvalue weighted by molar-refractivity contribution is -0.136. The van der Waals surface area contributed by atoms with E-state index in [0.29, 0.717) is 18.9 Å². The van der Waals surface area contributed by atoms with Gasteiger partial charge in [-0.3, -0.25) is 4.79 Å². The molecular weight excluding hydrogens is 154 g/mol. The molecule has 70 valence electrons. The molecule has 0 aromatic rings. The van der Waals surface area contributed by atoms with Crippen LogP contribution in [-0.4, -0.2) is 34.6 Å². The molecule has 1 N–H and O–H groups in total. The Bertz CT molecular complexity index is 179. The maximum atomic E-state index is 11.3. The van der Waals surface area contributed by atoms with Gasteiger partial charge in [0.2, 0.25) is 0 Å². The minimum absolute atomic E-state index is 0.101. The molecule has 3 nitrogen and oxygen atoms in total. The SMILES string of the molecule is CC(C)[C@@H](C)N1CC[C@@H](O)C1=O. The van der Waals surface area contributed by atoms with Gasteiger partial charge in [0.1, 0.15) is 6.10 Å². The summed E-state index contributed by atoms with van der Waals surface area (Å²) in [6.07, 6.45) is -0.151. The second kappa shape index (κ2) is 3.44. The minimum atomic E-state index is -0.744. The van der Waals surface area contributed by atoms with Gasteiger partial charge < -0.3 is 10.0 Å². The summed E-state index contributed by atoms with van der Waals surface area (Å²) in [7, 11) is 0. The third-order valence-corrected chi connectivity index (χ3v) is 2.67. The van der Waals surface area contributed by atoms with Crippen molar-refractivity contribution < 1.29 is 9.90 Å². The number of carbonyl (C=O) groups is 1. The molecule has 0 bridgehead atoms. The van der Waals surface area contributed by atoms with E-state index in [4.69, 9.17) is 0 Å². The first-order valence-electron chi connectivity index (χ1n) is 4.52. The summed E-state index contributed by atoms with van der Waals surface area (Å²) in [6.45, 7) is 6.91. The molecule has 0 unspecified atom stereocenters. The van der Waals surface area contributed by atoms with E-state index < -0.39 is 6.10 Å². The molecule has 1 amide bonds. The number of aliphatic hydroxyl groups excluding tert-OH is 1. The Morgan fingerprint density at radius 1 is 1.50 bits per heavy atom. The number of hydrogen-bond donors (Lipinski definition) is 1. The smallest absolute Gasteiger partial charge is 0.251 e. The Balaban J connectivity index is 2.59. The lowest BCUT2D eigenvalue weighted by Gasteiger charge is -2.27. The van der Waals surface area contributed by atoms with Crippen LogP contribution >= 0.6 is 0 Å². The molecule has 2 atom stereocenters. The predicted molar refractivity (Wildman–Crippen MR) is 46.6 cm³/mol. The van der Waals surface area contributed by atoms with Crippen LogP contribution in [0.4, 0.5) is 0 Å².